The largest absolute Gasteiger partial charge is 0.326 e. The van der Waals surface area contributed by atoms with E-state index >= 15 is 0 Å². The highest BCUT2D eigenvalue weighted by atomic mass is 16.2. The third-order valence-corrected chi connectivity index (χ3v) is 6.16. The number of nitrogens with one attached hydrogen (secondary N) is 2. The first kappa shape index (κ1) is 18.0. The molecule has 0 aromatic heterocycles. The maximum absolute atomic E-state index is 12.6. The Morgan fingerprint density at radius 1 is 1.11 bits per heavy atom. The van der Waals surface area contributed by atoms with Gasteiger partial charge in [0.15, 0.2) is 0 Å². The minimum absolute atomic E-state index is 0.0587. The number of fused-ring (bicyclic) bond motifs is 1. The molecule has 6 nitrogen and oxygen atoms in total. The van der Waals surface area contributed by atoms with Crippen LogP contribution in [-0.4, -0.2) is 34.8 Å². The van der Waals surface area contributed by atoms with Gasteiger partial charge in [-0.25, -0.2) is 4.79 Å². The number of aryl methyl sites for hydroxylation is 1. The quantitative estimate of drug-likeness (QED) is 0.783. The zero-order chi connectivity index (χ0) is 18.9. The van der Waals surface area contributed by atoms with Crippen LogP contribution in [0.15, 0.2) is 18.2 Å². The second-order valence-corrected chi connectivity index (χ2v) is 7.98. The van der Waals surface area contributed by atoms with E-state index in [4.69, 9.17) is 0 Å². The molecule has 0 radical (unpaired) electrons. The maximum Gasteiger partial charge on any atom is 0.325 e. The van der Waals surface area contributed by atoms with Crippen molar-refractivity contribution in [1.82, 2.24) is 10.2 Å². The molecule has 2 N–H and O–H groups in total. The molecule has 4 amide bonds. The van der Waals surface area contributed by atoms with Crippen LogP contribution >= 0.6 is 0 Å². The van der Waals surface area contributed by atoms with E-state index in [0.29, 0.717) is 19.4 Å². The Bertz CT molecular complexity index is 768. The average Bonchev–Trinajstić information content (AvgIpc) is 3.22. The van der Waals surface area contributed by atoms with Crippen molar-refractivity contribution < 1.29 is 14.4 Å². The molecule has 144 valence electrons. The van der Waals surface area contributed by atoms with E-state index in [1.165, 1.54) is 22.4 Å². The van der Waals surface area contributed by atoms with E-state index in [1.807, 2.05) is 12.1 Å². The lowest BCUT2D eigenvalue weighted by Gasteiger charge is -2.20. The van der Waals surface area contributed by atoms with Crippen LogP contribution in [0.25, 0.3) is 0 Å². The van der Waals surface area contributed by atoms with Crippen molar-refractivity contribution in [1.29, 1.82) is 0 Å². The fraction of sp³-hybridized carbons (Fsp3) is 0.571. The van der Waals surface area contributed by atoms with Crippen LogP contribution in [0.5, 0.6) is 0 Å². The second-order valence-electron chi connectivity index (χ2n) is 7.98. The third kappa shape index (κ3) is 3.45. The smallest absolute Gasteiger partial charge is 0.325 e. The maximum atomic E-state index is 12.6. The number of benzene rings is 1. The van der Waals surface area contributed by atoms with Crippen molar-refractivity contribution >= 4 is 23.5 Å². The third-order valence-electron chi connectivity index (χ3n) is 6.16. The molecule has 3 aliphatic rings. The van der Waals surface area contributed by atoms with Crippen LogP contribution < -0.4 is 10.6 Å². The highest BCUT2D eigenvalue weighted by Crippen LogP contribution is 2.35. The van der Waals surface area contributed by atoms with Crippen LogP contribution in [0, 0.1) is 0 Å². The summed E-state index contributed by atoms with van der Waals surface area (Å²) in [5.41, 5.74) is 2.84. The highest BCUT2D eigenvalue weighted by Gasteiger charge is 2.52. The van der Waals surface area contributed by atoms with E-state index in [-0.39, 0.29) is 17.8 Å². The van der Waals surface area contributed by atoms with Crippen LogP contribution in [0.2, 0.25) is 0 Å². The lowest BCUT2D eigenvalue weighted by atomic mass is 9.90. The summed E-state index contributed by atoms with van der Waals surface area (Å²) in [5.74, 6) is -0.167. The molecule has 0 bridgehead atoms. The summed E-state index contributed by atoms with van der Waals surface area (Å²) in [6.07, 6.45) is 8.65. The number of amides is 4. The van der Waals surface area contributed by atoms with Crippen molar-refractivity contribution in [3.63, 3.8) is 0 Å². The molecule has 1 saturated carbocycles. The molecule has 4 rings (SSSR count). The lowest BCUT2D eigenvalue weighted by Crippen LogP contribution is -2.44. The van der Waals surface area contributed by atoms with Gasteiger partial charge in [-0.15, -0.1) is 0 Å². The monoisotopic (exact) mass is 369 g/mol. The van der Waals surface area contributed by atoms with Crippen LogP contribution in [0.3, 0.4) is 0 Å². The Hall–Kier alpha value is -2.37. The lowest BCUT2D eigenvalue weighted by molar-refractivity contribution is -0.131. The van der Waals surface area contributed by atoms with E-state index in [0.717, 1.165) is 50.6 Å². The molecule has 1 aromatic carbocycles. The number of hydrogen-bond donors (Lipinski definition) is 2. The van der Waals surface area contributed by atoms with Gasteiger partial charge in [0.2, 0.25) is 5.91 Å². The van der Waals surface area contributed by atoms with Gasteiger partial charge in [0, 0.05) is 18.7 Å². The number of carbonyl (C=O) groups excluding carboxylic acids is 3. The zero-order valence-corrected chi connectivity index (χ0v) is 15.7. The van der Waals surface area contributed by atoms with Crippen molar-refractivity contribution in [3.8, 4) is 0 Å². The highest BCUT2D eigenvalue weighted by molar-refractivity contribution is 6.07. The zero-order valence-electron chi connectivity index (χ0n) is 15.7. The summed E-state index contributed by atoms with van der Waals surface area (Å²) in [6.45, 7) is 0.298. The van der Waals surface area contributed by atoms with Crippen molar-refractivity contribution in [2.45, 2.75) is 69.7 Å². The molecule has 0 unspecified atom stereocenters. The molecule has 1 aliphatic heterocycles. The number of urea groups is 1. The van der Waals surface area contributed by atoms with Gasteiger partial charge in [0.05, 0.1) is 0 Å². The van der Waals surface area contributed by atoms with E-state index < -0.39 is 5.54 Å². The Morgan fingerprint density at radius 3 is 2.70 bits per heavy atom. The molecular weight excluding hydrogens is 342 g/mol. The predicted octanol–water partition coefficient (Wildman–Crippen LogP) is 3.15. The van der Waals surface area contributed by atoms with Gasteiger partial charge in [0.25, 0.3) is 5.91 Å². The van der Waals surface area contributed by atoms with Crippen LogP contribution in [0.1, 0.15) is 62.5 Å². The molecule has 1 aromatic rings. The van der Waals surface area contributed by atoms with Crippen LogP contribution in [-0.2, 0) is 22.4 Å². The summed E-state index contributed by atoms with van der Waals surface area (Å²) in [5, 5.41) is 5.90. The molecule has 1 spiro atoms. The van der Waals surface area contributed by atoms with E-state index in [2.05, 4.69) is 16.7 Å². The fourth-order valence-electron chi connectivity index (χ4n) is 4.71. The molecule has 27 heavy (non-hydrogen) atoms. The van der Waals surface area contributed by atoms with Crippen LogP contribution in [0.4, 0.5) is 10.5 Å². The Kier molecular flexibility index (Phi) is 4.89. The first-order valence-corrected chi connectivity index (χ1v) is 10.1. The minimum atomic E-state index is -0.664. The first-order valence-electron chi connectivity index (χ1n) is 10.1. The topological polar surface area (TPSA) is 78.5 Å². The second kappa shape index (κ2) is 7.33. The van der Waals surface area contributed by atoms with Gasteiger partial charge < -0.3 is 10.6 Å². The summed E-state index contributed by atoms with van der Waals surface area (Å²) < 4.78 is 0. The SMILES string of the molecule is O=C(CCCN1C(=O)NC2(CCCC2)C1=O)Nc1cccc2c1CCCC2. The summed E-state index contributed by atoms with van der Waals surface area (Å²) in [7, 11) is 0. The van der Waals surface area contributed by atoms with E-state index in [9.17, 15) is 14.4 Å². The first-order chi connectivity index (χ1) is 13.1. The Labute approximate surface area is 159 Å². The normalized spacial score (nSPS) is 20.7. The van der Waals surface area contributed by atoms with Gasteiger partial charge in [-0.3, -0.25) is 14.5 Å². The molecule has 2 fully saturated rings. The van der Waals surface area contributed by atoms with Crippen molar-refractivity contribution in [2.75, 3.05) is 11.9 Å². The molecule has 0 atom stereocenters. The number of imide groups is 1. The summed E-state index contributed by atoms with van der Waals surface area (Å²) in [4.78, 5) is 38.4. The molecule has 1 heterocycles. The Morgan fingerprint density at radius 2 is 1.89 bits per heavy atom. The molecule has 6 heteroatoms. The average molecular weight is 369 g/mol. The minimum Gasteiger partial charge on any atom is -0.326 e. The van der Waals surface area contributed by atoms with Gasteiger partial charge >= 0.3 is 6.03 Å². The molecular formula is C21H27N3O3. The number of anilines is 1. The summed E-state index contributed by atoms with van der Waals surface area (Å²) in [6, 6.07) is 5.79. The van der Waals surface area contributed by atoms with Crippen molar-refractivity contribution in [3.05, 3.63) is 29.3 Å². The summed E-state index contributed by atoms with van der Waals surface area (Å²) >= 11 is 0. The van der Waals surface area contributed by atoms with E-state index in [1.54, 1.807) is 0 Å². The number of hydrogen-bond acceptors (Lipinski definition) is 3. The Balaban J connectivity index is 1.30. The fourth-order valence-corrected chi connectivity index (χ4v) is 4.71. The van der Waals surface area contributed by atoms with Gasteiger partial charge in [-0.2, -0.15) is 0 Å². The molecule has 2 aliphatic carbocycles. The van der Waals surface area contributed by atoms with Gasteiger partial charge in [-0.05, 0) is 62.1 Å². The van der Waals surface area contributed by atoms with Crippen molar-refractivity contribution in [2.24, 2.45) is 0 Å². The predicted molar refractivity (Wildman–Crippen MR) is 102 cm³/mol. The number of nitrogens with zero attached hydrogens (tertiary/aromatic N) is 1. The van der Waals surface area contributed by atoms with Gasteiger partial charge in [0.1, 0.15) is 5.54 Å². The standard InChI is InChI=1S/C21H27N3O3/c25-18(22-17-10-5-8-15-7-1-2-9-16(15)17)11-6-14-24-19(26)21(23-20(24)27)12-3-4-13-21/h5,8,10H,1-4,6-7,9,11-14H2,(H,22,25)(H,23,27). The van der Waals surface area contributed by atoms with Gasteiger partial charge in [-0.1, -0.05) is 25.0 Å². The number of rotatable bonds is 5. The number of carbonyl (C=O) groups is 3. The molecule has 1 saturated heterocycles.